The molecule has 6 heteroatoms. The SMILES string of the molecule is O=C(O)CC1CCN(C(=O)C2CCCCC2)CC1CCN1CCN(c2ccccc2)CC1. The van der Waals surface area contributed by atoms with Crippen LogP contribution in [0.2, 0.25) is 0 Å². The van der Waals surface area contributed by atoms with Crippen molar-refractivity contribution in [3.05, 3.63) is 30.3 Å². The van der Waals surface area contributed by atoms with Crippen molar-refractivity contribution in [3.8, 4) is 0 Å². The van der Waals surface area contributed by atoms with Gasteiger partial charge in [0, 0.05) is 57.3 Å². The number of carbonyl (C=O) groups excluding carboxylic acids is 1. The first-order valence-electron chi connectivity index (χ1n) is 12.6. The van der Waals surface area contributed by atoms with Crippen molar-refractivity contribution in [2.45, 2.75) is 51.4 Å². The lowest BCUT2D eigenvalue weighted by molar-refractivity contribution is -0.141. The van der Waals surface area contributed by atoms with E-state index in [-0.39, 0.29) is 18.3 Å². The van der Waals surface area contributed by atoms with Crippen LogP contribution in [0.3, 0.4) is 0 Å². The fourth-order valence-corrected chi connectivity index (χ4v) is 5.93. The molecule has 2 heterocycles. The van der Waals surface area contributed by atoms with Gasteiger partial charge in [0.25, 0.3) is 0 Å². The molecule has 2 aliphatic heterocycles. The van der Waals surface area contributed by atoms with E-state index >= 15 is 0 Å². The summed E-state index contributed by atoms with van der Waals surface area (Å²) in [6.45, 7) is 6.61. The number of para-hydroxylation sites is 1. The van der Waals surface area contributed by atoms with Crippen LogP contribution in [0.15, 0.2) is 30.3 Å². The molecule has 1 amide bonds. The Balaban J connectivity index is 1.29. The number of carbonyl (C=O) groups is 2. The number of aliphatic carboxylic acids is 1. The number of amides is 1. The summed E-state index contributed by atoms with van der Waals surface area (Å²) in [5.74, 6) is 0.308. The number of hydrogen-bond donors (Lipinski definition) is 1. The predicted octanol–water partition coefficient (Wildman–Crippen LogP) is 3.72. The molecule has 1 saturated carbocycles. The summed E-state index contributed by atoms with van der Waals surface area (Å²) in [6.07, 6.45) is 7.71. The molecule has 1 aromatic rings. The van der Waals surface area contributed by atoms with Crippen molar-refractivity contribution in [3.63, 3.8) is 0 Å². The van der Waals surface area contributed by atoms with Gasteiger partial charge in [-0.2, -0.15) is 0 Å². The van der Waals surface area contributed by atoms with Gasteiger partial charge in [-0.1, -0.05) is 37.5 Å². The molecule has 4 rings (SSSR count). The summed E-state index contributed by atoms with van der Waals surface area (Å²) >= 11 is 0. The minimum Gasteiger partial charge on any atom is -0.481 e. The molecule has 176 valence electrons. The fraction of sp³-hybridized carbons (Fsp3) is 0.692. The number of rotatable bonds is 7. The zero-order chi connectivity index (χ0) is 22.3. The van der Waals surface area contributed by atoms with Crippen LogP contribution in [0.4, 0.5) is 5.69 Å². The third kappa shape index (κ3) is 6.03. The Labute approximate surface area is 192 Å². The first-order chi connectivity index (χ1) is 15.6. The number of carboxylic acids is 1. The maximum atomic E-state index is 13.1. The lowest BCUT2D eigenvalue weighted by Gasteiger charge is -2.41. The maximum Gasteiger partial charge on any atom is 0.303 e. The number of likely N-dealkylation sites (tertiary alicyclic amines) is 1. The Hall–Kier alpha value is -2.08. The number of piperazine rings is 1. The number of anilines is 1. The van der Waals surface area contributed by atoms with Crippen LogP contribution in [-0.2, 0) is 9.59 Å². The van der Waals surface area contributed by atoms with Gasteiger partial charge in [0.1, 0.15) is 0 Å². The average molecular weight is 442 g/mol. The van der Waals surface area contributed by atoms with Crippen LogP contribution >= 0.6 is 0 Å². The van der Waals surface area contributed by atoms with Gasteiger partial charge in [-0.15, -0.1) is 0 Å². The molecular weight excluding hydrogens is 402 g/mol. The molecule has 0 bridgehead atoms. The summed E-state index contributed by atoms with van der Waals surface area (Å²) in [5.41, 5.74) is 1.29. The molecular formula is C26H39N3O3. The second kappa shape index (κ2) is 11.2. The van der Waals surface area contributed by atoms with E-state index in [1.165, 1.54) is 24.9 Å². The van der Waals surface area contributed by atoms with E-state index in [1.807, 2.05) is 0 Å². The van der Waals surface area contributed by atoms with Crippen molar-refractivity contribution in [2.75, 3.05) is 50.7 Å². The zero-order valence-electron chi connectivity index (χ0n) is 19.3. The third-order valence-electron chi connectivity index (χ3n) is 7.90. The molecule has 1 aromatic carbocycles. The largest absolute Gasteiger partial charge is 0.481 e. The quantitative estimate of drug-likeness (QED) is 0.699. The number of nitrogens with zero attached hydrogens (tertiary/aromatic N) is 3. The van der Waals surface area contributed by atoms with Crippen LogP contribution in [0.1, 0.15) is 51.4 Å². The molecule has 6 nitrogen and oxygen atoms in total. The highest BCUT2D eigenvalue weighted by molar-refractivity contribution is 5.79. The van der Waals surface area contributed by atoms with E-state index in [2.05, 4.69) is 45.0 Å². The van der Waals surface area contributed by atoms with Gasteiger partial charge < -0.3 is 14.9 Å². The van der Waals surface area contributed by atoms with Crippen LogP contribution in [0.25, 0.3) is 0 Å². The highest BCUT2D eigenvalue weighted by atomic mass is 16.4. The third-order valence-corrected chi connectivity index (χ3v) is 7.90. The molecule has 2 unspecified atom stereocenters. The number of hydrogen-bond acceptors (Lipinski definition) is 4. The number of piperidine rings is 1. The van der Waals surface area contributed by atoms with Crippen LogP contribution in [0, 0.1) is 17.8 Å². The van der Waals surface area contributed by atoms with Crippen LogP contribution in [0.5, 0.6) is 0 Å². The van der Waals surface area contributed by atoms with Crippen molar-refractivity contribution >= 4 is 17.6 Å². The van der Waals surface area contributed by atoms with E-state index in [9.17, 15) is 14.7 Å². The van der Waals surface area contributed by atoms with Gasteiger partial charge in [-0.3, -0.25) is 14.5 Å². The predicted molar refractivity (Wildman–Crippen MR) is 127 cm³/mol. The summed E-state index contributed by atoms with van der Waals surface area (Å²) in [6, 6.07) is 10.6. The first kappa shape index (κ1) is 23.1. The monoisotopic (exact) mass is 441 g/mol. The average Bonchev–Trinajstić information content (AvgIpc) is 2.84. The summed E-state index contributed by atoms with van der Waals surface area (Å²) in [4.78, 5) is 31.6. The second-order valence-corrected chi connectivity index (χ2v) is 9.98. The molecule has 0 spiro atoms. The lowest BCUT2D eigenvalue weighted by Crippen LogP contribution is -2.49. The van der Waals surface area contributed by atoms with E-state index in [1.54, 1.807) is 0 Å². The normalized spacial score (nSPS) is 25.6. The minimum atomic E-state index is -0.705. The topological polar surface area (TPSA) is 64.1 Å². The highest BCUT2D eigenvalue weighted by Gasteiger charge is 2.35. The van der Waals surface area contributed by atoms with Crippen molar-refractivity contribution in [2.24, 2.45) is 17.8 Å². The summed E-state index contributed by atoms with van der Waals surface area (Å²) in [7, 11) is 0. The van der Waals surface area contributed by atoms with Gasteiger partial charge in [0.05, 0.1) is 0 Å². The highest BCUT2D eigenvalue weighted by Crippen LogP contribution is 2.32. The first-order valence-corrected chi connectivity index (χ1v) is 12.6. The van der Waals surface area contributed by atoms with Gasteiger partial charge in [0.15, 0.2) is 0 Å². The molecule has 32 heavy (non-hydrogen) atoms. The van der Waals surface area contributed by atoms with E-state index in [0.29, 0.717) is 11.8 Å². The Morgan fingerprint density at radius 3 is 2.28 bits per heavy atom. The van der Waals surface area contributed by atoms with E-state index in [0.717, 1.165) is 71.5 Å². The minimum absolute atomic E-state index is 0.188. The molecule has 0 aromatic heterocycles. The van der Waals surface area contributed by atoms with Gasteiger partial charge in [-0.05, 0) is 56.2 Å². The molecule has 2 atom stereocenters. The number of carboxylic acid groups (broad SMARTS) is 1. The van der Waals surface area contributed by atoms with Crippen molar-refractivity contribution in [1.29, 1.82) is 0 Å². The van der Waals surface area contributed by atoms with Gasteiger partial charge in [-0.25, -0.2) is 0 Å². The Kier molecular flexibility index (Phi) is 8.06. The second-order valence-electron chi connectivity index (χ2n) is 9.98. The zero-order valence-corrected chi connectivity index (χ0v) is 19.3. The van der Waals surface area contributed by atoms with Gasteiger partial charge >= 0.3 is 5.97 Å². The fourth-order valence-electron chi connectivity index (χ4n) is 5.93. The number of benzene rings is 1. The van der Waals surface area contributed by atoms with E-state index in [4.69, 9.17) is 0 Å². The molecule has 1 N–H and O–H groups in total. The Morgan fingerprint density at radius 2 is 1.59 bits per heavy atom. The molecule has 1 aliphatic carbocycles. The Morgan fingerprint density at radius 1 is 0.875 bits per heavy atom. The molecule has 2 saturated heterocycles. The van der Waals surface area contributed by atoms with E-state index < -0.39 is 5.97 Å². The summed E-state index contributed by atoms with van der Waals surface area (Å²) in [5, 5.41) is 9.42. The smallest absolute Gasteiger partial charge is 0.303 e. The van der Waals surface area contributed by atoms with Crippen LogP contribution < -0.4 is 4.90 Å². The summed E-state index contributed by atoms with van der Waals surface area (Å²) < 4.78 is 0. The van der Waals surface area contributed by atoms with Crippen molar-refractivity contribution in [1.82, 2.24) is 9.80 Å². The van der Waals surface area contributed by atoms with Crippen molar-refractivity contribution < 1.29 is 14.7 Å². The lowest BCUT2D eigenvalue weighted by atomic mass is 9.80. The molecule has 3 fully saturated rings. The molecule has 3 aliphatic rings. The standard InChI is InChI=1S/C26H39N3O3/c30-25(31)19-22-12-14-29(26(32)21-7-3-1-4-8-21)20-23(22)11-13-27-15-17-28(18-16-27)24-9-5-2-6-10-24/h2,5-6,9-10,21-23H,1,3-4,7-8,11-20H2,(H,30,31). The van der Waals surface area contributed by atoms with Crippen LogP contribution in [-0.4, -0.2) is 72.6 Å². The maximum absolute atomic E-state index is 13.1. The Bertz CT molecular complexity index is 742. The molecule has 0 radical (unpaired) electrons. The van der Waals surface area contributed by atoms with Gasteiger partial charge in [0.2, 0.25) is 5.91 Å².